The minimum absolute atomic E-state index is 0.177. The van der Waals surface area contributed by atoms with Crippen LogP contribution in [0.5, 0.6) is 28.7 Å². The number of aromatic hydroxyl groups is 5. The lowest BCUT2D eigenvalue weighted by Gasteiger charge is -2.20. The number of fused-ring (bicyclic) bond motifs is 5. The van der Waals surface area contributed by atoms with E-state index in [9.17, 15) is 25.5 Å². The quantitative estimate of drug-likeness (QED) is 0.0651. The summed E-state index contributed by atoms with van der Waals surface area (Å²) in [5.41, 5.74) is 14.0. The van der Waals surface area contributed by atoms with Crippen molar-refractivity contribution in [2.75, 3.05) is 0 Å². The molecule has 0 fully saturated rings. The van der Waals surface area contributed by atoms with Gasteiger partial charge in [0.1, 0.15) is 0 Å². The van der Waals surface area contributed by atoms with Crippen molar-refractivity contribution in [2.24, 2.45) is 0 Å². The van der Waals surface area contributed by atoms with Crippen molar-refractivity contribution in [1.82, 2.24) is 0 Å². The van der Waals surface area contributed by atoms with Crippen molar-refractivity contribution in [3.8, 4) is 95.5 Å². The van der Waals surface area contributed by atoms with Gasteiger partial charge in [0.25, 0.3) is 0 Å². The maximum absolute atomic E-state index is 11.2. The van der Waals surface area contributed by atoms with Crippen molar-refractivity contribution in [2.45, 2.75) is 12.8 Å². The fourth-order valence-electron chi connectivity index (χ4n) is 10.3. The molecule has 5 N–H and O–H groups in total. The fraction of sp³-hybridized carbons (Fsp3) is 0.0323. The highest BCUT2D eigenvalue weighted by molar-refractivity contribution is 6.23. The van der Waals surface area contributed by atoms with Gasteiger partial charge in [-0.1, -0.05) is 164 Å². The Balaban J connectivity index is 0.982. The zero-order chi connectivity index (χ0) is 45.3. The van der Waals surface area contributed by atoms with Crippen molar-refractivity contribution in [1.29, 1.82) is 0 Å². The van der Waals surface area contributed by atoms with E-state index < -0.39 is 28.7 Å². The van der Waals surface area contributed by atoms with Gasteiger partial charge in [0.2, 0.25) is 17.2 Å². The van der Waals surface area contributed by atoms with Crippen LogP contribution in [0.3, 0.4) is 0 Å². The number of hydrogen-bond acceptors (Lipinski definition) is 5. The van der Waals surface area contributed by atoms with E-state index in [4.69, 9.17) is 0 Å². The molecule has 0 atom stereocenters. The van der Waals surface area contributed by atoms with Crippen LogP contribution in [0.4, 0.5) is 0 Å². The molecule has 1 aliphatic rings. The molecule has 0 amide bonds. The van der Waals surface area contributed by atoms with Gasteiger partial charge in [-0.15, -0.1) is 0 Å². The lowest BCUT2D eigenvalue weighted by atomic mass is 9.84. The zero-order valence-electron chi connectivity index (χ0n) is 36.2. The van der Waals surface area contributed by atoms with E-state index in [2.05, 4.69) is 152 Å². The van der Waals surface area contributed by atoms with Crippen molar-refractivity contribution >= 4 is 49.2 Å². The summed E-state index contributed by atoms with van der Waals surface area (Å²) in [7, 11) is 0. The summed E-state index contributed by atoms with van der Waals surface area (Å²) in [6.45, 7) is 0. The number of phenols is 5. The van der Waals surface area contributed by atoms with Gasteiger partial charge >= 0.3 is 0 Å². The highest BCUT2D eigenvalue weighted by Crippen LogP contribution is 2.58. The Labute approximate surface area is 386 Å². The van der Waals surface area contributed by atoms with Crippen LogP contribution >= 0.6 is 0 Å². The second-order valence-electron chi connectivity index (χ2n) is 17.5. The third-order valence-electron chi connectivity index (χ3n) is 13.6. The summed E-state index contributed by atoms with van der Waals surface area (Å²) in [6.07, 6.45) is 6.67. The van der Waals surface area contributed by atoms with Crippen molar-refractivity contribution in [3.63, 3.8) is 0 Å². The van der Waals surface area contributed by atoms with E-state index in [1.807, 2.05) is 48.5 Å². The van der Waals surface area contributed by atoms with E-state index in [-0.39, 0.29) is 5.56 Å². The van der Waals surface area contributed by atoms with E-state index in [0.29, 0.717) is 16.3 Å². The van der Waals surface area contributed by atoms with Gasteiger partial charge < -0.3 is 25.5 Å². The summed E-state index contributed by atoms with van der Waals surface area (Å²) >= 11 is 0. The fourth-order valence-corrected chi connectivity index (χ4v) is 10.3. The molecule has 0 aliphatic heterocycles. The predicted octanol–water partition coefficient (Wildman–Crippen LogP) is 15.8. The number of aryl methyl sites for hydroxylation is 1. The standard InChI is InChI=1S/C62H42O5/c63-58-57(59(64)61(66)62(67)60(58)65)56-52-17-7-5-15-50(52)55(51-16-6-8-18-53(51)56)45-29-26-39-14-9-19-49(54(39)35-45)40-24-20-38(21-25-40)46-32-47(43-27-22-36-10-1-3-12-41(36)30-43)34-48(33-46)44-28-23-37-11-2-4-13-42(37)31-44/h1,3-10,12-35,63-67H,2,11H2. The van der Waals surface area contributed by atoms with Gasteiger partial charge in [0.15, 0.2) is 11.5 Å². The first-order valence-electron chi connectivity index (χ1n) is 22.5. The maximum atomic E-state index is 11.2. The molecule has 320 valence electrons. The highest BCUT2D eigenvalue weighted by atomic mass is 16.4. The molecule has 12 rings (SSSR count). The van der Waals surface area contributed by atoms with Gasteiger partial charge in [0.05, 0.1) is 5.56 Å². The Kier molecular flexibility index (Phi) is 9.33. The monoisotopic (exact) mass is 866 g/mol. The van der Waals surface area contributed by atoms with Gasteiger partial charge in [-0.25, -0.2) is 0 Å². The largest absolute Gasteiger partial charge is 0.504 e. The van der Waals surface area contributed by atoms with Crippen LogP contribution in [0, 0.1) is 0 Å². The first-order valence-corrected chi connectivity index (χ1v) is 22.5. The SMILES string of the molecule is Oc1c(O)c(O)c(-c2c3ccccc3c(-c3ccc4cccc(-c5ccc(-c6cc(-c7ccc8c(c7)C=CCC8)cc(-c7ccc8ccccc8c7)c6)cc5)c4c3)c3ccccc23)c(O)c1O. The first kappa shape index (κ1) is 39.8. The molecular formula is C62H42O5. The average Bonchev–Trinajstić information content (AvgIpc) is 3.39. The Morgan fingerprint density at radius 1 is 0.299 bits per heavy atom. The molecule has 5 heteroatoms. The lowest BCUT2D eigenvalue weighted by Crippen LogP contribution is -1.94. The van der Waals surface area contributed by atoms with Crippen LogP contribution in [0.1, 0.15) is 17.5 Å². The summed E-state index contributed by atoms with van der Waals surface area (Å²) in [6, 6.07) is 66.2. The first-order chi connectivity index (χ1) is 32.8. The van der Waals surface area contributed by atoms with Crippen molar-refractivity contribution in [3.05, 3.63) is 205 Å². The molecule has 67 heavy (non-hydrogen) atoms. The van der Waals surface area contributed by atoms with Crippen LogP contribution < -0.4 is 0 Å². The van der Waals surface area contributed by atoms with Crippen LogP contribution in [0.25, 0.3) is 116 Å². The van der Waals surface area contributed by atoms with Crippen LogP contribution in [-0.4, -0.2) is 25.5 Å². The van der Waals surface area contributed by atoms with Gasteiger partial charge in [-0.05, 0) is 159 Å². The molecule has 0 aromatic heterocycles. The van der Waals surface area contributed by atoms with E-state index >= 15 is 0 Å². The molecular weight excluding hydrogens is 825 g/mol. The Morgan fingerprint density at radius 2 is 0.806 bits per heavy atom. The smallest absolute Gasteiger partial charge is 0.208 e. The number of phenolic OH excluding ortho intramolecular Hbond substituents is 5. The van der Waals surface area contributed by atoms with Crippen LogP contribution in [0.2, 0.25) is 0 Å². The molecule has 1 aliphatic carbocycles. The molecule has 0 unspecified atom stereocenters. The summed E-state index contributed by atoms with van der Waals surface area (Å²) in [5, 5.41) is 61.5. The summed E-state index contributed by atoms with van der Waals surface area (Å²) in [5.74, 6) is -4.30. The van der Waals surface area contributed by atoms with E-state index in [1.165, 1.54) is 44.2 Å². The van der Waals surface area contributed by atoms with Crippen molar-refractivity contribution < 1.29 is 25.5 Å². The lowest BCUT2D eigenvalue weighted by molar-refractivity contribution is 0.330. The average molecular weight is 867 g/mol. The number of rotatable bonds is 6. The number of hydrogen-bond donors (Lipinski definition) is 5. The molecule has 11 aromatic carbocycles. The Bertz CT molecular complexity index is 3780. The van der Waals surface area contributed by atoms with Gasteiger partial charge in [-0.2, -0.15) is 0 Å². The van der Waals surface area contributed by atoms with Gasteiger partial charge in [0, 0.05) is 5.56 Å². The van der Waals surface area contributed by atoms with Crippen LogP contribution in [0.15, 0.2) is 194 Å². The molecule has 0 spiro atoms. The number of benzene rings is 11. The highest BCUT2D eigenvalue weighted by Gasteiger charge is 2.28. The predicted molar refractivity (Wildman–Crippen MR) is 275 cm³/mol. The zero-order valence-corrected chi connectivity index (χ0v) is 36.2. The third kappa shape index (κ3) is 6.62. The normalized spacial score (nSPS) is 12.3. The Morgan fingerprint density at radius 3 is 1.49 bits per heavy atom. The molecule has 11 aromatic rings. The molecule has 0 radical (unpaired) electrons. The van der Waals surface area contributed by atoms with E-state index in [0.717, 1.165) is 67.8 Å². The molecule has 0 saturated carbocycles. The number of allylic oxidation sites excluding steroid dienone is 1. The second-order valence-corrected chi connectivity index (χ2v) is 17.5. The van der Waals surface area contributed by atoms with E-state index in [1.54, 1.807) is 0 Å². The molecule has 0 bridgehead atoms. The third-order valence-corrected chi connectivity index (χ3v) is 13.6. The molecule has 0 heterocycles. The minimum atomic E-state index is -0.996. The molecule has 5 nitrogen and oxygen atoms in total. The topological polar surface area (TPSA) is 101 Å². The van der Waals surface area contributed by atoms with Crippen LogP contribution in [-0.2, 0) is 6.42 Å². The second kappa shape index (κ2) is 15.7. The summed E-state index contributed by atoms with van der Waals surface area (Å²) in [4.78, 5) is 0. The minimum Gasteiger partial charge on any atom is -0.504 e. The summed E-state index contributed by atoms with van der Waals surface area (Å²) < 4.78 is 0. The maximum Gasteiger partial charge on any atom is 0.208 e. The Hall–Kier alpha value is -8.80. The molecule has 0 saturated heterocycles. The van der Waals surface area contributed by atoms with Gasteiger partial charge in [-0.3, -0.25) is 0 Å².